The van der Waals surface area contributed by atoms with Crippen LogP contribution < -0.4 is 4.90 Å². The van der Waals surface area contributed by atoms with Crippen LogP contribution in [-0.4, -0.2) is 51.1 Å². The van der Waals surface area contributed by atoms with Crippen LogP contribution in [0.4, 0.5) is 5.69 Å². The lowest BCUT2D eigenvalue weighted by molar-refractivity contribution is -0.146. The summed E-state index contributed by atoms with van der Waals surface area (Å²) in [5.74, 6) is -0.359. The number of hydrogen-bond donors (Lipinski definition) is 0. The third-order valence-corrected chi connectivity index (χ3v) is 4.03. The summed E-state index contributed by atoms with van der Waals surface area (Å²) in [4.78, 5) is 27.9. The first-order valence-corrected chi connectivity index (χ1v) is 7.08. The fraction of sp³-hybridized carbons (Fsp3) is 0.500. The first-order chi connectivity index (χ1) is 9.93. The number of methoxy groups -OCH3 is 1. The van der Waals surface area contributed by atoms with Crippen LogP contribution in [0.15, 0.2) is 24.3 Å². The van der Waals surface area contributed by atoms with E-state index < -0.39 is 0 Å². The number of ether oxygens (including phenoxy) is 1. The molecule has 1 aromatic rings. The molecule has 21 heavy (non-hydrogen) atoms. The van der Waals surface area contributed by atoms with Crippen molar-refractivity contribution in [1.82, 2.24) is 4.90 Å². The Kier molecular flexibility index (Phi) is 4.50. The molecule has 0 N–H and O–H groups in total. The third-order valence-electron chi connectivity index (χ3n) is 4.03. The molecule has 1 aliphatic heterocycles. The van der Waals surface area contributed by atoms with Gasteiger partial charge in [-0.05, 0) is 30.2 Å². The van der Waals surface area contributed by atoms with Crippen molar-refractivity contribution >= 4 is 17.6 Å². The molecule has 1 aliphatic rings. The molecule has 1 saturated heterocycles. The Morgan fingerprint density at radius 3 is 2.33 bits per heavy atom. The zero-order valence-electron chi connectivity index (χ0n) is 13.0. The minimum absolute atomic E-state index is 0.0291. The molecule has 114 valence electrons. The molecule has 2 unspecified atom stereocenters. The molecule has 0 spiro atoms. The highest BCUT2D eigenvalue weighted by Crippen LogP contribution is 2.26. The molecule has 2 atom stereocenters. The third kappa shape index (κ3) is 3.17. The summed E-state index contributed by atoms with van der Waals surface area (Å²) < 4.78 is 4.80. The number of likely N-dealkylation sites (tertiary alicyclic amines) is 1. The zero-order chi connectivity index (χ0) is 15.6. The highest BCUT2D eigenvalue weighted by molar-refractivity contribution is 5.95. The van der Waals surface area contributed by atoms with E-state index in [2.05, 4.69) is 0 Å². The van der Waals surface area contributed by atoms with Crippen LogP contribution in [0.1, 0.15) is 17.3 Å². The quantitative estimate of drug-likeness (QED) is 0.794. The SMILES string of the molecule is COC(=O)C1CN(C(=O)c2ccc(N(C)C)cc2)CC1C. The Morgan fingerprint density at radius 1 is 1.19 bits per heavy atom. The molecule has 0 bridgehead atoms. The van der Waals surface area contributed by atoms with E-state index in [1.54, 1.807) is 4.90 Å². The van der Waals surface area contributed by atoms with Gasteiger partial charge in [0.05, 0.1) is 13.0 Å². The number of esters is 1. The average Bonchev–Trinajstić information content (AvgIpc) is 2.87. The Labute approximate surface area is 125 Å². The number of carbonyl (C=O) groups excluding carboxylic acids is 2. The van der Waals surface area contributed by atoms with Crippen molar-refractivity contribution in [3.8, 4) is 0 Å². The molecule has 2 rings (SSSR count). The Bertz CT molecular complexity index is 525. The first-order valence-electron chi connectivity index (χ1n) is 7.08. The van der Waals surface area contributed by atoms with E-state index in [0.717, 1.165) is 5.69 Å². The van der Waals surface area contributed by atoms with E-state index in [4.69, 9.17) is 4.74 Å². The molecule has 1 heterocycles. The topological polar surface area (TPSA) is 49.9 Å². The van der Waals surface area contributed by atoms with Gasteiger partial charge in [0.15, 0.2) is 0 Å². The summed E-state index contributed by atoms with van der Waals surface area (Å²) in [6.07, 6.45) is 0. The maximum atomic E-state index is 12.5. The molecule has 1 fully saturated rings. The maximum absolute atomic E-state index is 12.5. The lowest BCUT2D eigenvalue weighted by Crippen LogP contribution is -2.30. The van der Waals surface area contributed by atoms with Crippen molar-refractivity contribution < 1.29 is 14.3 Å². The highest BCUT2D eigenvalue weighted by atomic mass is 16.5. The molecular formula is C16H22N2O3. The molecular weight excluding hydrogens is 268 g/mol. The fourth-order valence-corrected chi connectivity index (χ4v) is 2.68. The monoisotopic (exact) mass is 290 g/mol. The van der Waals surface area contributed by atoms with Crippen LogP contribution >= 0.6 is 0 Å². The van der Waals surface area contributed by atoms with Crippen LogP contribution in [-0.2, 0) is 9.53 Å². The van der Waals surface area contributed by atoms with Crippen molar-refractivity contribution in [1.29, 1.82) is 0 Å². The molecule has 5 heteroatoms. The Morgan fingerprint density at radius 2 is 1.81 bits per heavy atom. The molecule has 5 nitrogen and oxygen atoms in total. The molecule has 0 aliphatic carbocycles. The van der Waals surface area contributed by atoms with Gasteiger partial charge >= 0.3 is 5.97 Å². The lowest BCUT2D eigenvalue weighted by atomic mass is 9.99. The van der Waals surface area contributed by atoms with Gasteiger partial charge in [-0.3, -0.25) is 9.59 Å². The molecule has 0 saturated carbocycles. The van der Waals surface area contributed by atoms with E-state index in [1.165, 1.54) is 7.11 Å². The Balaban J connectivity index is 2.09. The van der Waals surface area contributed by atoms with Crippen LogP contribution in [0.3, 0.4) is 0 Å². The summed E-state index contributed by atoms with van der Waals surface area (Å²) in [6, 6.07) is 7.50. The van der Waals surface area contributed by atoms with Crippen LogP contribution in [0.2, 0.25) is 0 Å². The number of nitrogens with zero attached hydrogens (tertiary/aromatic N) is 2. The summed E-state index contributed by atoms with van der Waals surface area (Å²) in [6.45, 7) is 3.00. The van der Waals surface area contributed by atoms with E-state index in [0.29, 0.717) is 18.7 Å². The maximum Gasteiger partial charge on any atom is 0.310 e. The Hall–Kier alpha value is -2.04. The number of anilines is 1. The normalized spacial score (nSPS) is 21.2. The number of amides is 1. The van der Waals surface area contributed by atoms with Crippen LogP contribution in [0.25, 0.3) is 0 Å². The summed E-state index contributed by atoms with van der Waals surface area (Å²) >= 11 is 0. The van der Waals surface area contributed by atoms with Gasteiger partial charge in [0.1, 0.15) is 0 Å². The van der Waals surface area contributed by atoms with Crippen molar-refractivity contribution in [3.05, 3.63) is 29.8 Å². The lowest BCUT2D eigenvalue weighted by Gasteiger charge is -2.17. The van der Waals surface area contributed by atoms with Crippen LogP contribution in [0, 0.1) is 11.8 Å². The average molecular weight is 290 g/mol. The second-order valence-corrected chi connectivity index (χ2v) is 5.76. The van der Waals surface area contributed by atoms with Crippen molar-refractivity contribution in [2.24, 2.45) is 11.8 Å². The molecule has 1 amide bonds. The van der Waals surface area contributed by atoms with Gasteiger partial charge in [0.2, 0.25) is 0 Å². The number of rotatable bonds is 3. The van der Waals surface area contributed by atoms with Gasteiger partial charge in [-0.2, -0.15) is 0 Å². The van der Waals surface area contributed by atoms with Gasteiger partial charge < -0.3 is 14.5 Å². The van der Waals surface area contributed by atoms with Crippen molar-refractivity contribution in [2.45, 2.75) is 6.92 Å². The summed E-state index contributed by atoms with van der Waals surface area (Å²) in [5, 5.41) is 0. The minimum atomic E-state index is -0.235. The predicted octanol–water partition coefficient (Wildman–Crippen LogP) is 1.63. The van der Waals surface area contributed by atoms with E-state index in [1.807, 2.05) is 50.2 Å². The predicted molar refractivity (Wildman–Crippen MR) is 81.3 cm³/mol. The number of hydrogen-bond acceptors (Lipinski definition) is 4. The molecule has 0 aromatic heterocycles. The van der Waals surface area contributed by atoms with Gasteiger partial charge in [0, 0.05) is 38.4 Å². The standard InChI is InChI=1S/C16H22N2O3/c1-11-9-18(10-14(11)16(20)21-4)15(19)12-5-7-13(8-6-12)17(2)3/h5-8,11,14H,9-10H2,1-4H3. The van der Waals surface area contributed by atoms with E-state index in [9.17, 15) is 9.59 Å². The highest BCUT2D eigenvalue weighted by Gasteiger charge is 2.37. The van der Waals surface area contributed by atoms with Gasteiger partial charge in [-0.1, -0.05) is 6.92 Å². The van der Waals surface area contributed by atoms with Crippen molar-refractivity contribution in [2.75, 3.05) is 39.2 Å². The summed E-state index contributed by atoms with van der Waals surface area (Å²) in [5.41, 5.74) is 1.70. The van der Waals surface area contributed by atoms with Crippen LogP contribution in [0.5, 0.6) is 0 Å². The fourth-order valence-electron chi connectivity index (χ4n) is 2.68. The number of benzene rings is 1. The second-order valence-electron chi connectivity index (χ2n) is 5.76. The zero-order valence-corrected chi connectivity index (χ0v) is 13.0. The van der Waals surface area contributed by atoms with E-state index >= 15 is 0 Å². The number of carbonyl (C=O) groups is 2. The molecule has 0 radical (unpaired) electrons. The first kappa shape index (κ1) is 15.4. The molecule has 1 aromatic carbocycles. The summed E-state index contributed by atoms with van der Waals surface area (Å²) in [7, 11) is 5.30. The van der Waals surface area contributed by atoms with Gasteiger partial charge in [0.25, 0.3) is 5.91 Å². The minimum Gasteiger partial charge on any atom is -0.469 e. The van der Waals surface area contributed by atoms with E-state index in [-0.39, 0.29) is 23.7 Å². The van der Waals surface area contributed by atoms with Gasteiger partial charge in [-0.25, -0.2) is 0 Å². The van der Waals surface area contributed by atoms with Gasteiger partial charge in [-0.15, -0.1) is 0 Å². The largest absolute Gasteiger partial charge is 0.469 e. The van der Waals surface area contributed by atoms with Crippen molar-refractivity contribution in [3.63, 3.8) is 0 Å². The smallest absolute Gasteiger partial charge is 0.310 e. The second kappa shape index (κ2) is 6.16.